The number of benzene rings is 3. The summed E-state index contributed by atoms with van der Waals surface area (Å²) in [5.74, 6) is -0.391. The minimum atomic E-state index is -0.790. The zero-order valence-corrected chi connectivity index (χ0v) is 19.2. The lowest BCUT2D eigenvalue weighted by Gasteiger charge is -2.17. The Morgan fingerprint density at radius 3 is 2.59 bits per heavy atom. The van der Waals surface area contributed by atoms with Crippen LogP contribution < -0.4 is 11.2 Å². The van der Waals surface area contributed by atoms with Crippen molar-refractivity contribution in [3.05, 3.63) is 110 Å². The fourth-order valence-electron chi connectivity index (χ4n) is 3.92. The van der Waals surface area contributed by atoms with E-state index < -0.39 is 17.1 Å². The van der Waals surface area contributed by atoms with E-state index in [1.807, 2.05) is 30.3 Å². The van der Waals surface area contributed by atoms with Crippen LogP contribution in [0.2, 0.25) is 5.02 Å². The van der Waals surface area contributed by atoms with Gasteiger partial charge in [-0.15, -0.1) is 11.8 Å². The molecule has 4 aromatic rings. The number of H-pyrrole nitrogens is 1. The fraction of sp³-hybridized carbons (Fsp3) is 0.0800. The maximum atomic E-state index is 12.9. The molecule has 5 rings (SSSR count). The molecule has 1 atom stereocenters. The van der Waals surface area contributed by atoms with Gasteiger partial charge in [0.25, 0.3) is 5.56 Å². The highest BCUT2D eigenvalue weighted by Crippen LogP contribution is 2.46. The molecule has 0 saturated heterocycles. The number of phenols is 1. The topological polar surface area (TPSA) is 108 Å². The maximum absolute atomic E-state index is 12.9. The molecule has 0 unspecified atom stereocenters. The van der Waals surface area contributed by atoms with Crippen molar-refractivity contribution < 1.29 is 10.2 Å². The van der Waals surface area contributed by atoms with Crippen LogP contribution in [-0.4, -0.2) is 25.5 Å². The Morgan fingerprint density at radius 2 is 1.79 bits per heavy atom. The number of hydrogen-bond donors (Lipinski definition) is 3. The molecule has 0 spiro atoms. The van der Waals surface area contributed by atoms with Crippen LogP contribution in [0.15, 0.2) is 92.3 Å². The van der Waals surface area contributed by atoms with Crippen LogP contribution in [0.3, 0.4) is 0 Å². The first-order chi connectivity index (χ1) is 16.4. The van der Waals surface area contributed by atoms with Crippen LogP contribution in [0.5, 0.6) is 11.6 Å². The number of phenolic OH excluding ortho intramolecular Hbond substituents is 1. The number of halogens is 1. The molecule has 0 bridgehead atoms. The van der Waals surface area contributed by atoms with Gasteiger partial charge >= 0.3 is 5.69 Å². The molecule has 170 valence electrons. The van der Waals surface area contributed by atoms with E-state index in [0.717, 1.165) is 15.0 Å². The zero-order chi connectivity index (χ0) is 23.8. The normalized spacial score (nSPS) is 15.3. The van der Waals surface area contributed by atoms with Crippen molar-refractivity contribution in [1.82, 2.24) is 9.55 Å². The Bertz CT molecular complexity index is 1560. The van der Waals surface area contributed by atoms with E-state index in [4.69, 9.17) is 16.6 Å². The quantitative estimate of drug-likeness (QED) is 0.376. The van der Waals surface area contributed by atoms with Gasteiger partial charge in [0.15, 0.2) is 0 Å². The van der Waals surface area contributed by atoms with Crippen molar-refractivity contribution in [1.29, 1.82) is 0 Å². The molecular formula is C25H18ClN3O4S. The highest BCUT2D eigenvalue weighted by Gasteiger charge is 2.27. The molecular weight excluding hydrogens is 474 g/mol. The fourth-order valence-corrected chi connectivity index (χ4v) is 5.33. The number of thioether (sulfide) groups is 1. The van der Waals surface area contributed by atoms with Gasteiger partial charge in [-0.25, -0.2) is 9.36 Å². The van der Waals surface area contributed by atoms with Gasteiger partial charge in [0.2, 0.25) is 5.88 Å². The summed E-state index contributed by atoms with van der Waals surface area (Å²) in [5, 5.41) is 21.3. The molecule has 1 aliphatic rings. The molecule has 7 nitrogen and oxygen atoms in total. The Morgan fingerprint density at radius 1 is 1.00 bits per heavy atom. The van der Waals surface area contributed by atoms with Crippen molar-refractivity contribution in [3.8, 4) is 17.3 Å². The molecule has 0 amide bonds. The summed E-state index contributed by atoms with van der Waals surface area (Å²) >= 11 is 7.63. The summed E-state index contributed by atoms with van der Waals surface area (Å²) in [5.41, 5.74) is 0.488. The standard InChI is InChI=1S/C25H18ClN3O4S/c26-15-6-4-7-16(12-15)29-24(32)22(23(31)28-25(29)33)19-13-21(14-5-3-8-17(30)11-14)34-20-10-2-1-9-18(20)27-19/h1-12,21,30,32H,13H2,(H,28,31,33)/t21-/m1/s1. The van der Waals surface area contributed by atoms with Crippen LogP contribution in [0.25, 0.3) is 5.69 Å². The van der Waals surface area contributed by atoms with Gasteiger partial charge in [-0.3, -0.25) is 14.8 Å². The molecule has 3 aromatic carbocycles. The second-order valence-electron chi connectivity index (χ2n) is 7.70. The van der Waals surface area contributed by atoms with Crippen molar-refractivity contribution >= 4 is 34.8 Å². The predicted molar refractivity (Wildman–Crippen MR) is 133 cm³/mol. The summed E-state index contributed by atoms with van der Waals surface area (Å²) in [4.78, 5) is 33.5. The number of hydrogen-bond acceptors (Lipinski definition) is 6. The molecule has 0 radical (unpaired) electrons. The number of fused-ring (bicyclic) bond motifs is 1. The minimum absolute atomic E-state index is 0.0953. The summed E-state index contributed by atoms with van der Waals surface area (Å²) < 4.78 is 0.998. The smallest absolute Gasteiger partial charge is 0.335 e. The highest BCUT2D eigenvalue weighted by atomic mass is 35.5. The summed E-state index contributed by atoms with van der Waals surface area (Å²) in [6.07, 6.45) is 0.271. The number of nitrogens with zero attached hydrogens (tertiary/aromatic N) is 2. The number of aromatic amines is 1. The third kappa shape index (κ3) is 4.13. The Kier molecular flexibility index (Phi) is 5.77. The van der Waals surface area contributed by atoms with E-state index in [2.05, 4.69) is 4.98 Å². The highest BCUT2D eigenvalue weighted by molar-refractivity contribution is 7.99. The van der Waals surface area contributed by atoms with Gasteiger partial charge in [0, 0.05) is 21.6 Å². The largest absolute Gasteiger partial charge is 0.508 e. The molecule has 0 saturated carbocycles. The van der Waals surface area contributed by atoms with Crippen molar-refractivity contribution in [2.24, 2.45) is 4.99 Å². The number of aromatic nitrogens is 2. The molecule has 9 heteroatoms. The van der Waals surface area contributed by atoms with Crippen molar-refractivity contribution in [2.75, 3.05) is 0 Å². The number of rotatable bonds is 3. The number of aromatic hydroxyl groups is 2. The Hall–Kier alpha value is -3.75. The molecule has 1 aliphatic heterocycles. The number of nitrogens with one attached hydrogen (secondary N) is 1. The van der Waals surface area contributed by atoms with Gasteiger partial charge in [-0.1, -0.05) is 41.9 Å². The summed E-state index contributed by atoms with van der Waals surface area (Å²) in [6.45, 7) is 0. The Balaban J connectivity index is 1.72. The molecule has 2 heterocycles. The van der Waals surface area contributed by atoms with Crippen molar-refractivity contribution in [3.63, 3.8) is 0 Å². The number of aliphatic imine (C=N–C) groups is 1. The van der Waals surface area contributed by atoms with Crippen LogP contribution in [-0.2, 0) is 0 Å². The first kappa shape index (κ1) is 22.1. The van der Waals surface area contributed by atoms with Gasteiger partial charge < -0.3 is 10.2 Å². The lowest BCUT2D eigenvalue weighted by atomic mass is 10.0. The van der Waals surface area contributed by atoms with E-state index in [9.17, 15) is 19.8 Å². The van der Waals surface area contributed by atoms with Crippen LogP contribution in [0.1, 0.15) is 22.8 Å². The molecule has 0 fully saturated rings. The van der Waals surface area contributed by atoms with E-state index in [1.165, 1.54) is 6.07 Å². The van der Waals surface area contributed by atoms with Gasteiger partial charge in [0.05, 0.1) is 17.1 Å². The Labute approximate surface area is 203 Å². The summed E-state index contributed by atoms with van der Waals surface area (Å²) in [6, 6.07) is 20.8. The summed E-state index contributed by atoms with van der Waals surface area (Å²) in [7, 11) is 0. The second-order valence-corrected chi connectivity index (χ2v) is 9.39. The van der Waals surface area contributed by atoms with E-state index >= 15 is 0 Å². The lowest BCUT2D eigenvalue weighted by Crippen LogP contribution is -2.33. The zero-order valence-electron chi connectivity index (χ0n) is 17.6. The number of para-hydroxylation sites is 1. The van der Waals surface area contributed by atoms with E-state index in [0.29, 0.717) is 22.1 Å². The van der Waals surface area contributed by atoms with Crippen molar-refractivity contribution in [2.45, 2.75) is 16.6 Å². The average Bonchev–Trinajstić information content (AvgIpc) is 2.98. The van der Waals surface area contributed by atoms with Crippen LogP contribution in [0, 0.1) is 0 Å². The second kappa shape index (κ2) is 8.89. The first-order valence-electron chi connectivity index (χ1n) is 10.4. The third-order valence-electron chi connectivity index (χ3n) is 5.45. The first-order valence-corrected chi connectivity index (χ1v) is 11.6. The van der Waals surface area contributed by atoms with Gasteiger partial charge in [0.1, 0.15) is 11.3 Å². The molecule has 1 aromatic heterocycles. The van der Waals surface area contributed by atoms with Gasteiger partial charge in [-0.2, -0.15) is 0 Å². The molecule has 0 aliphatic carbocycles. The van der Waals surface area contributed by atoms with E-state index in [1.54, 1.807) is 48.2 Å². The average molecular weight is 492 g/mol. The maximum Gasteiger partial charge on any atom is 0.335 e. The third-order valence-corrected chi connectivity index (χ3v) is 7.01. The minimum Gasteiger partial charge on any atom is -0.508 e. The molecule has 3 N–H and O–H groups in total. The van der Waals surface area contributed by atoms with E-state index in [-0.39, 0.29) is 23.0 Å². The predicted octanol–water partition coefficient (Wildman–Crippen LogP) is 4.95. The molecule has 34 heavy (non-hydrogen) atoms. The lowest BCUT2D eigenvalue weighted by molar-refractivity contribution is 0.429. The van der Waals surface area contributed by atoms with Gasteiger partial charge in [-0.05, 0) is 48.0 Å². The van der Waals surface area contributed by atoms with Crippen LogP contribution in [0.4, 0.5) is 5.69 Å². The van der Waals surface area contributed by atoms with Crippen LogP contribution >= 0.6 is 23.4 Å². The SMILES string of the molecule is O=c1[nH]c(=O)n(-c2cccc(Cl)c2)c(O)c1C1=Nc2ccccc2S[C@@H](c2cccc(O)c2)C1. The monoisotopic (exact) mass is 491 g/mol.